The molecule has 0 saturated carbocycles. The molecule has 2 aromatic carbocycles. The van der Waals surface area contributed by atoms with Gasteiger partial charge in [0.05, 0.1) is 23.5 Å². The van der Waals surface area contributed by atoms with Gasteiger partial charge in [-0.05, 0) is 279 Å². The number of carbonyl (C=O) groups excluding carboxylic acids is 3. The fourth-order valence-corrected chi connectivity index (χ4v) is 16.4. The van der Waals surface area contributed by atoms with Gasteiger partial charge in [-0.3, -0.25) is 29.4 Å². The second kappa shape index (κ2) is 26.3. The molecule has 6 saturated heterocycles. The lowest BCUT2D eigenvalue weighted by Gasteiger charge is -2.43. The van der Waals surface area contributed by atoms with Gasteiger partial charge >= 0.3 is 6.03 Å². The molecule has 0 spiro atoms. The number of nitrogens with one attached hydrogen (secondary N) is 1. The van der Waals surface area contributed by atoms with Crippen molar-refractivity contribution in [2.75, 3.05) is 78.5 Å². The van der Waals surface area contributed by atoms with Crippen molar-refractivity contribution in [1.82, 2.24) is 39.8 Å². The number of benzene rings is 2. The minimum absolute atomic E-state index is 0.170. The van der Waals surface area contributed by atoms with Gasteiger partial charge in [0.1, 0.15) is 0 Å². The highest BCUT2D eigenvalue weighted by Crippen LogP contribution is 2.44. The summed E-state index contributed by atoms with van der Waals surface area (Å²) in [5.41, 5.74) is 15.9. The van der Waals surface area contributed by atoms with Crippen LogP contribution < -0.4 is 11.1 Å². The largest absolute Gasteiger partial charge is 0.351 e. The predicted octanol–water partition coefficient (Wildman–Crippen LogP) is 11.8. The van der Waals surface area contributed by atoms with E-state index in [-0.39, 0.29) is 18.1 Å². The molecule has 6 aliphatic heterocycles. The zero-order chi connectivity index (χ0) is 54.6. The van der Waals surface area contributed by atoms with Gasteiger partial charge in [-0.2, -0.15) is 0 Å². The van der Waals surface area contributed by atoms with Gasteiger partial charge < -0.3 is 25.8 Å². The molecule has 424 valence electrons. The minimum Gasteiger partial charge on any atom is -0.351 e. The van der Waals surface area contributed by atoms with Crippen LogP contribution in [0, 0.1) is 35.5 Å². The average Bonchev–Trinajstić information content (AvgIpc) is 4.01. The van der Waals surface area contributed by atoms with Crippen LogP contribution in [0.4, 0.5) is 4.79 Å². The number of piperidine rings is 6. The zero-order valence-electron chi connectivity index (χ0n) is 46.0. The molecule has 4 amide bonds. The second-order valence-corrected chi connectivity index (χ2v) is 27.1. The summed E-state index contributed by atoms with van der Waals surface area (Å²) in [5.74, 6) is 4.57. The number of primary amides is 1. The van der Waals surface area contributed by atoms with Gasteiger partial charge in [-0.15, -0.1) is 0 Å². The van der Waals surface area contributed by atoms with Crippen molar-refractivity contribution in [1.29, 1.82) is 0 Å². The van der Waals surface area contributed by atoms with Crippen molar-refractivity contribution in [3.05, 3.63) is 125 Å². The normalized spacial score (nSPS) is 23.6. The third-order valence-electron chi connectivity index (χ3n) is 19.9. The molecular formula is C63H81Br2Cl2N9O3. The molecule has 12 nitrogen and oxygen atoms in total. The van der Waals surface area contributed by atoms with Crippen LogP contribution in [0.2, 0.25) is 10.0 Å². The van der Waals surface area contributed by atoms with Crippen LogP contribution in [-0.4, -0.2) is 131 Å². The van der Waals surface area contributed by atoms with E-state index in [1.807, 2.05) is 24.5 Å². The molecule has 2 unspecified atom stereocenters. The molecule has 8 heterocycles. The maximum absolute atomic E-state index is 13.1. The molecule has 0 radical (unpaired) electrons. The fourth-order valence-electron chi connectivity index (χ4n) is 15.3. The molecular weight excluding hydrogens is 1160 g/mol. The molecule has 2 aliphatic carbocycles. The smallest absolute Gasteiger partial charge is 0.314 e. The standard InChI is InChI=1S/C32H41BrClN5O2.C31H40BrClN4O/c33-26-18-25-2-1-24-19-27(34)3-4-28(24)31(30(25)36-20-26)38-15-9-23(10-16-38)22-7-13-37(14-8-22)29(40)17-21-5-11-39(12-6-21)32(35)41;32-26-18-25-2-1-24-19-27(33)3-4-28(24)31(30(25)35-20-26)37-15-9-23(10-16-37)22-7-13-36(14-8-22)29(38)17-21-5-11-34-12-6-21/h3-4,18-23,31H,1-2,5-17H2,(H2,35,41);3-4,18-23,31,34H,1-2,5-17H2. The number of nitrogens with zero attached hydrogens (tertiary/aromatic N) is 7. The highest BCUT2D eigenvalue weighted by Gasteiger charge is 2.39. The molecule has 8 aliphatic rings. The van der Waals surface area contributed by atoms with Gasteiger partial charge in [0.2, 0.25) is 11.8 Å². The Hall–Kier alpha value is -3.63. The van der Waals surface area contributed by atoms with Crippen molar-refractivity contribution in [2.24, 2.45) is 41.2 Å². The maximum Gasteiger partial charge on any atom is 0.314 e. The number of pyridine rings is 2. The summed E-state index contributed by atoms with van der Waals surface area (Å²) in [6.45, 7) is 11.5. The molecule has 16 heteroatoms. The number of hydrogen-bond acceptors (Lipinski definition) is 8. The SMILES string of the molecule is NC(=O)N1CCC(CC(=O)N2CCC(C3CCN(C4c5ccc(Cl)cc5CCc5cc(Br)cnc54)CC3)CC2)CC1.O=C(CC1CCNCC1)N1CCC(C2CCN(C3c4ccc(Cl)cc4CCc4cc(Br)cnc43)CC2)CC1. The Kier molecular flexibility index (Phi) is 19.0. The van der Waals surface area contributed by atoms with E-state index in [4.69, 9.17) is 38.9 Å². The Morgan fingerprint density at radius 2 is 0.861 bits per heavy atom. The van der Waals surface area contributed by atoms with Crippen LogP contribution in [0.15, 0.2) is 69.9 Å². The first-order valence-electron chi connectivity index (χ1n) is 30.0. The molecule has 12 rings (SSSR count). The van der Waals surface area contributed by atoms with E-state index in [0.717, 1.165) is 173 Å². The van der Waals surface area contributed by atoms with Gasteiger partial charge in [-0.25, -0.2) is 4.79 Å². The van der Waals surface area contributed by atoms with Gasteiger partial charge in [-0.1, -0.05) is 35.3 Å². The Labute approximate surface area is 495 Å². The zero-order valence-corrected chi connectivity index (χ0v) is 50.7. The van der Waals surface area contributed by atoms with Crippen molar-refractivity contribution in [3.63, 3.8) is 0 Å². The monoisotopic (exact) mass is 1240 g/mol. The van der Waals surface area contributed by atoms with E-state index < -0.39 is 0 Å². The first-order valence-corrected chi connectivity index (χ1v) is 32.4. The lowest BCUT2D eigenvalue weighted by Crippen LogP contribution is -2.45. The van der Waals surface area contributed by atoms with Crippen molar-refractivity contribution in [3.8, 4) is 0 Å². The first kappa shape index (κ1) is 57.2. The number of urea groups is 1. The van der Waals surface area contributed by atoms with Crippen molar-refractivity contribution < 1.29 is 14.4 Å². The highest BCUT2D eigenvalue weighted by molar-refractivity contribution is 9.10. The second-order valence-electron chi connectivity index (χ2n) is 24.4. The van der Waals surface area contributed by atoms with Crippen LogP contribution in [0.5, 0.6) is 0 Å². The molecule has 79 heavy (non-hydrogen) atoms. The third kappa shape index (κ3) is 13.7. The predicted molar refractivity (Wildman–Crippen MR) is 321 cm³/mol. The number of aromatic nitrogens is 2. The summed E-state index contributed by atoms with van der Waals surface area (Å²) in [7, 11) is 0. The van der Waals surface area contributed by atoms with E-state index in [9.17, 15) is 14.4 Å². The van der Waals surface area contributed by atoms with E-state index in [0.29, 0.717) is 49.1 Å². The number of hydrogen-bond donors (Lipinski definition) is 2. The number of carbonyl (C=O) groups is 3. The highest BCUT2D eigenvalue weighted by atomic mass is 79.9. The number of amides is 4. The Morgan fingerprint density at radius 3 is 1.27 bits per heavy atom. The summed E-state index contributed by atoms with van der Waals surface area (Å²) < 4.78 is 2.09. The number of aryl methyl sites for hydroxylation is 4. The summed E-state index contributed by atoms with van der Waals surface area (Å²) in [5, 5.41) is 5.04. The van der Waals surface area contributed by atoms with E-state index in [1.165, 1.54) is 83.3 Å². The fraction of sp³-hybridized carbons (Fsp3) is 0.603. The Morgan fingerprint density at radius 1 is 0.494 bits per heavy atom. The summed E-state index contributed by atoms with van der Waals surface area (Å²) >= 11 is 20.1. The Bertz CT molecular complexity index is 2670. The van der Waals surface area contributed by atoms with Crippen LogP contribution in [0.1, 0.15) is 147 Å². The summed E-state index contributed by atoms with van der Waals surface area (Å²) in [6, 6.07) is 17.4. The van der Waals surface area contributed by atoms with E-state index in [2.05, 4.69) is 93.2 Å². The number of halogens is 4. The lowest BCUT2D eigenvalue weighted by atomic mass is 9.78. The lowest BCUT2D eigenvalue weighted by molar-refractivity contribution is -0.135. The van der Waals surface area contributed by atoms with Crippen molar-refractivity contribution in [2.45, 2.75) is 128 Å². The Balaban J connectivity index is 0.000000168. The van der Waals surface area contributed by atoms with Crippen LogP contribution in [0.3, 0.4) is 0 Å². The molecule has 2 aromatic heterocycles. The maximum atomic E-state index is 13.1. The van der Waals surface area contributed by atoms with Crippen LogP contribution >= 0.6 is 55.1 Å². The quantitative estimate of drug-likeness (QED) is 0.178. The molecule has 0 bridgehead atoms. The molecule has 3 N–H and O–H groups in total. The number of likely N-dealkylation sites (tertiary alicyclic amines) is 5. The first-order chi connectivity index (χ1) is 38.4. The summed E-state index contributed by atoms with van der Waals surface area (Å²) in [4.78, 5) is 58.6. The van der Waals surface area contributed by atoms with Crippen LogP contribution in [0.25, 0.3) is 0 Å². The van der Waals surface area contributed by atoms with Gasteiger partial charge in [0.25, 0.3) is 0 Å². The van der Waals surface area contributed by atoms with Crippen molar-refractivity contribution >= 4 is 72.9 Å². The molecule has 4 aromatic rings. The number of rotatable bonds is 8. The minimum atomic E-state index is -0.346. The third-order valence-corrected chi connectivity index (χ3v) is 21.2. The number of nitrogens with two attached hydrogens (primary N) is 1. The topological polar surface area (TPSA) is 131 Å². The molecule has 6 fully saturated rings. The summed E-state index contributed by atoms with van der Waals surface area (Å²) in [6.07, 6.45) is 22.7. The number of fused-ring (bicyclic) bond motifs is 4. The van der Waals surface area contributed by atoms with E-state index in [1.54, 1.807) is 4.90 Å². The van der Waals surface area contributed by atoms with Gasteiger partial charge in [0, 0.05) is 83.5 Å². The molecule has 2 atom stereocenters. The van der Waals surface area contributed by atoms with Gasteiger partial charge in [0.15, 0.2) is 0 Å². The van der Waals surface area contributed by atoms with E-state index >= 15 is 0 Å². The van der Waals surface area contributed by atoms with Crippen LogP contribution in [-0.2, 0) is 35.3 Å². The average molecular weight is 1240 g/mol.